The number of methoxy groups -OCH3 is 1. The number of hydrogen-bond acceptors (Lipinski definition) is 4. The zero-order valence-corrected chi connectivity index (χ0v) is 12.6. The first-order chi connectivity index (χ1) is 9.63. The van der Waals surface area contributed by atoms with E-state index in [0.717, 1.165) is 24.6 Å². The highest BCUT2D eigenvalue weighted by Crippen LogP contribution is 2.13. The van der Waals surface area contributed by atoms with Crippen LogP contribution in [-0.2, 0) is 24.8 Å². The molecule has 1 unspecified atom stereocenters. The van der Waals surface area contributed by atoms with Crippen LogP contribution in [0.15, 0.2) is 18.6 Å². The predicted molar refractivity (Wildman–Crippen MR) is 78.9 cm³/mol. The molecule has 2 heterocycles. The van der Waals surface area contributed by atoms with Crippen LogP contribution in [-0.4, -0.2) is 39.1 Å². The minimum absolute atomic E-state index is 0.223. The first kappa shape index (κ1) is 14.6. The molecule has 0 saturated carbocycles. The third-order valence-electron chi connectivity index (χ3n) is 3.18. The van der Waals surface area contributed by atoms with E-state index in [-0.39, 0.29) is 6.04 Å². The summed E-state index contributed by atoms with van der Waals surface area (Å²) < 4.78 is 9.10. The van der Waals surface area contributed by atoms with Crippen LogP contribution < -0.4 is 5.32 Å². The first-order valence-electron chi connectivity index (χ1n) is 6.92. The Labute approximate surface area is 119 Å². The van der Waals surface area contributed by atoms with E-state index in [2.05, 4.69) is 40.0 Å². The quantitative estimate of drug-likeness (QED) is 0.836. The van der Waals surface area contributed by atoms with Gasteiger partial charge in [0.25, 0.3) is 0 Å². The van der Waals surface area contributed by atoms with Gasteiger partial charge in [-0.25, -0.2) is 4.98 Å². The molecule has 0 aliphatic rings. The van der Waals surface area contributed by atoms with E-state index in [4.69, 9.17) is 4.74 Å². The Morgan fingerprint density at radius 3 is 2.95 bits per heavy atom. The molecule has 0 spiro atoms. The summed E-state index contributed by atoms with van der Waals surface area (Å²) >= 11 is 0. The van der Waals surface area contributed by atoms with Gasteiger partial charge >= 0.3 is 0 Å². The molecule has 2 rings (SSSR count). The summed E-state index contributed by atoms with van der Waals surface area (Å²) in [7, 11) is 3.66. The van der Waals surface area contributed by atoms with E-state index < -0.39 is 0 Å². The van der Waals surface area contributed by atoms with Gasteiger partial charge in [-0.3, -0.25) is 4.68 Å². The fourth-order valence-corrected chi connectivity index (χ4v) is 2.29. The Morgan fingerprint density at radius 1 is 1.45 bits per heavy atom. The van der Waals surface area contributed by atoms with Gasteiger partial charge in [-0.1, -0.05) is 6.92 Å². The minimum atomic E-state index is 0.223. The van der Waals surface area contributed by atoms with Gasteiger partial charge in [0.2, 0.25) is 5.95 Å². The van der Waals surface area contributed by atoms with Gasteiger partial charge in [0, 0.05) is 44.4 Å². The Balaban J connectivity index is 2.11. The van der Waals surface area contributed by atoms with Crippen LogP contribution in [0.5, 0.6) is 0 Å². The maximum absolute atomic E-state index is 5.14. The monoisotopic (exact) mass is 277 g/mol. The number of aryl methyl sites for hydroxylation is 2. The van der Waals surface area contributed by atoms with Gasteiger partial charge in [0.05, 0.1) is 18.8 Å². The molecule has 110 valence electrons. The minimum Gasteiger partial charge on any atom is -0.383 e. The van der Waals surface area contributed by atoms with Gasteiger partial charge in [-0.2, -0.15) is 5.10 Å². The van der Waals surface area contributed by atoms with Crippen LogP contribution in [0.25, 0.3) is 0 Å². The van der Waals surface area contributed by atoms with Gasteiger partial charge in [-0.15, -0.1) is 0 Å². The van der Waals surface area contributed by atoms with E-state index >= 15 is 0 Å². The fourth-order valence-electron chi connectivity index (χ4n) is 2.29. The number of nitrogens with zero attached hydrogens (tertiary/aromatic N) is 4. The molecule has 0 bridgehead atoms. The standard InChI is InChI=1S/C14H23N5O/c1-5-13-12(8-18(3)17-13)9-19-7-6-15-14(19)16-11(2)10-20-4/h6-8,11H,5,9-10H2,1-4H3,(H,15,16). The smallest absolute Gasteiger partial charge is 0.203 e. The van der Waals surface area contributed by atoms with E-state index in [0.29, 0.717) is 6.61 Å². The van der Waals surface area contributed by atoms with Gasteiger partial charge in [0.1, 0.15) is 0 Å². The van der Waals surface area contributed by atoms with Crippen molar-refractivity contribution in [2.75, 3.05) is 19.0 Å². The third-order valence-corrected chi connectivity index (χ3v) is 3.18. The summed E-state index contributed by atoms with van der Waals surface area (Å²) in [5, 5.41) is 7.83. The zero-order valence-electron chi connectivity index (χ0n) is 12.6. The molecule has 0 aliphatic carbocycles. The van der Waals surface area contributed by atoms with Crippen molar-refractivity contribution in [2.24, 2.45) is 7.05 Å². The van der Waals surface area contributed by atoms with Crippen molar-refractivity contribution < 1.29 is 4.74 Å². The van der Waals surface area contributed by atoms with Crippen molar-refractivity contribution in [1.82, 2.24) is 19.3 Å². The molecule has 0 radical (unpaired) electrons. The highest BCUT2D eigenvalue weighted by atomic mass is 16.5. The van der Waals surface area contributed by atoms with Gasteiger partial charge in [-0.05, 0) is 13.3 Å². The summed E-state index contributed by atoms with van der Waals surface area (Å²) in [6.45, 7) is 5.63. The van der Waals surface area contributed by atoms with Crippen LogP contribution in [0.1, 0.15) is 25.1 Å². The maximum Gasteiger partial charge on any atom is 0.203 e. The van der Waals surface area contributed by atoms with Crippen molar-refractivity contribution in [3.63, 3.8) is 0 Å². The van der Waals surface area contributed by atoms with Crippen molar-refractivity contribution in [1.29, 1.82) is 0 Å². The molecule has 6 nitrogen and oxygen atoms in total. The van der Waals surface area contributed by atoms with E-state index in [9.17, 15) is 0 Å². The lowest BCUT2D eigenvalue weighted by Gasteiger charge is -2.15. The number of rotatable bonds is 7. The second-order valence-electron chi connectivity index (χ2n) is 5.01. The molecule has 0 amide bonds. The normalized spacial score (nSPS) is 12.6. The number of imidazole rings is 1. The number of ether oxygens (including phenoxy) is 1. The lowest BCUT2D eigenvalue weighted by Crippen LogP contribution is -2.23. The van der Waals surface area contributed by atoms with Gasteiger partial charge in [0.15, 0.2) is 0 Å². The molecular weight excluding hydrogens is 254 g/mol. The van der Waals surface area contributed by atoms with Crippen LogP contribution in [0, 0.1) is 0 Å². The largest absolute Gasteiger partial charge is 0.383 e. The first-order valence-corrected chi connectivity index (χ1v) is 6.92. The van der Waals surface area contributed by atoms with Crippen LogP contribution in [0.4, 0.5) is 5.95 Å². The average molecular weight is 277 g/mol. The molecule has 0 aliphatic heterocycles. The molecule has 1 N–H and O–H groups in total. The molecule has 2 aromatic heterocycles. The van der Waals surface area contributed by atoms with Crippen LogP contribution in [0.3, 0.4) is 0 Å². The molecule has 1 atom stereocenters. The second kappa shape index (κ2) is 6.56. The Bertz CT molecular complexity index is 546. The number of anilines is 1. The maximum atomic E-state index is 5.14. The molecule has 20 heavy (non-hydrogen) atoms. The summed E-state index contributed by atoms with van der Waals surface area (Å²) in [5.74, 6) is 0.862. The summed E-state index contributed by atoms with van der Waals surface area (Å²) in [5.41, 5.74) is 2.37. The van der Waals surface area contributed by atoms with Crippen molar-refractivity contribution in [2.45, 2.75) is 32.9 Å². The lowest BCUT2D eigenvalue weighted by atomic mass is 10.2. The Hall–Kier alpha value is -1.82. The fraction of sp³-hybridized carbons (Fsp3) is 0.571. The molecule has 0 aromatic carbocycles. The van der Waals surface area contributed by atoms with E-state index in [1.807, 2.05) is 24.1 Å². The molecule has 0 fully saturated rings. The van der Waals surface area contributed by atoms with Gasteiger partial charge < -0.3 is 14.6 Å². The summed E-state index contributed by atoms with van der Waals surface area (Å²) in [6.07, 6.45) is 6.80. The second-order valence-corrected chi connectivity index (χ2v) is 5.01. The zero-order chi connectivity index (χ0) is 14.5. The number of aromatic nitrogens is 4. The lowest BCUT2D eigenvalue weighted by molar-refractivity contribution is 0.190. The van der Waals surface area contributed by atoms with Crippen molar-refractivity contribution >= 4 is 5.95 Å². The molecule has 6 heteroatoms. The predicted octanol–water partition coefficient (Wildman–Crippen LogP) is 1.67. The third kappa shape index (κ3) is 3.39. The Kier molecular flexibility index (Phi) is 4.79. The molecule has 2 aromatic rings. The highest BCUT2D eigenvalue weighted by Gasteiger charge is 2.11. The Morgan fingerprint density at radius 2 is 2.25 bits per heavy atom. The number of hydrogen-bond donors (Lipinski definition) is 1. The van der Waals surface area contributed by atoms with E-state index in [1.54, 1.807) is 7.11 Å². The van der Waals surface area contributed by atoms with Crippen molar-refractivity contribution in [3.8, 4) is 0 Å². The van der Waals surface area contributed by atoms with Crippen molar-refractivity contribution in [3.05, 3.63) is 29.8 Å². The number of nitrogens with one attached hydrogen (secondary N) is 1. The summed E-state index contributed by atoms with van der Waals surface area (Å²) in [6, 6.07) is 0.223. The molecular formula is C14H23N5O. The van der Waals surface area contributed by atoms with Crippen LogP contribution >= 0.6 is 0 Å². The topological polar surface area (TPSA) is 56.9 Å². The molecule has 0 saturated heterocycles. The summed E-state index contributed by atoms with van der Waals surface area (Å²) in [4.78, 5) is 4.37. The highest BCUT2D eigenvalue weighted by molar-refractivity contribution is 5.29. The van der Waals surface area contributed by atoms with E-state index in [1.165, 1.54) is 5.56 Å². The SMILES string of the molecule is CCc1nn(C)cc1Cn1ccnc1NC(C)COC. The average Bonchev–Trinajstić information content (AvgIpc) is 2.97. The van der Waals surface area contributed by atoms with Crippen LogP contribution in [0.2, 0.25) is 0 Å².